The molecule has 0 bridgehead atoms. The van der Waals surface area contributed by atoms with Gasteiger partial charge in [0.15, 0.2) is 0 Å². The molecular weight excluding hydrogens is 248 g/mol. The number of esters is 2. The molecule has 6 nitrogen and oxygen atoms in total. The van der Waals surface area contributed by atoms with E-state index < -0.39 is 0 Å². The summed E-state index contributed by atoms with van der Waals surface area (Å²) in [5, 5.41) is 0. The van der Waals surface area contributed by atoms with Gasteiger partial charge in [-0.2, -0.15) is 0 Å². The van der Waals surface area contributed by atoms with Gasteiger partial charge in [-0.1, -0.05) is 0 Å². The second-order valence-electron chi connectivity index (χ2n) is 5.13. The maximum Gasteiger partial charge on any atom is 0.323 e. The van der Waals surface area contributed by atoms with Gasteiger partial charge in [0.2, 0.25) is 0 Å². The van der Waals surface area contributed by atoms with Crippen molar-refractivity contribution in [3.63, 3.8) is 0 Å². The Morgan fingerprint density at radius 3 is 1.74 bits per heavy atom. The van der Waals surface area contributed by atoms with Gasteiger partial charge in [0, 0.05) is 13.1 Å². The summed E-state index contributed by atoms with van der Waals surface area (Å²) < 4.78 is 9.67. The second-order valence-corrected chi connectivity index (χ2v) is 5.13. The van der Waals surface area contributed by atoms with Crippen molar-refractivity contribution in [1.29, 1.82) is 0 Å². The van der Waals surface area contributed by atoms with Crippen LogP contribution in [0, 0.1) is 0 Å². The predicted octanol–water partition coefficient (Wildman–Crippen LogP) is 0.219. The van der Waals surface area contributed by atoms with Crippen LogP contribution in [0.15, 0.2) is 0 Å². The Morgan fingerprint density at radius 2 is 1.37 bits per heavy atom. The molecule has 0 spiro atoms. The third kappa shape index (κ3) is 3.06. The van der Waals surface area contributed by atoms with E-state index in [0.717, 1.165) is 38.8 Å². The zero-order valence-corrected chi connectivity index (χ0v) is 11.6. The summed E-state index contributed by atoms with van der Waals surface area (Å²) in [6.07, 6.45) is 3.67. The Hall–Kier alpha value is -1.14. The molecule has 0 saturated carbocycles. The van der Waals surface area contributed by atoms with Crippen molar-refractivity contribution in [3.05, 3.63) is 0 Å². The van der Waals surface area contributed by atoms with Crippen LogP contribution >= 0.6 is 0 Å². The van der Waals surface area contributed by atoms with E-state index in [9.17, 15) is 9.59 Å². The minimum atomic E-state index is -0.175. The van der Waals surface area contributed by atoms with Gasteiger partial charge >= 0.3 is 11.9 Å². The van der Waals surface area contributed by atoms with Gasteiger partial charge in [-0.15, -0.1) is 0 Å². The molecule has 0 amide bonds. The first-order valence-electron chi connectivity index (χ1n) is 6.81. The maximum absolute atomic E-state index is 11.7. The average molecular weight is 270 g/mol. The number of carbonyl (C=O) groups is 2. The van der Waals surface area contributed by atoms with Crippen molar-refractivity contribution < 1.29 is 19.1 Å². The summed E-state index contributed by atoms with van der Waals surface area (Å²) in [4.78, 5) is 27.6. The van der Waals surface area contributed by atoms with Crippen LogP contribution in [0.5, 0.6) is 0 Å². The lowest BCUT2D eigenvalue weighted by Crippen LogP contribution is -2.47. The Labute approximate surface area is 113 Å². The monoisotopic (exact) mass is 270 g/mol. The van der Waals surface area contributed by atoms with E-state index in [-0.39, 0.29) is 24.0 Å². The standard InChI is InChI=1S/C13H22N2O4/c1-18-12(16)10-5-3-7-14(10)9-15-8-4-6-11(15)13(17)19-2/h10-11H,3-9H2,1-2H3. The molecular formula is C13H22N2O4. The third-order valence-corrected chi connectivity index (χ3v) is 4.04. The molecule has 0 radical (unpaired) electrons. The highest BCUT2D eigenvalue weighted by molar-refractivity contribution is 5.76. The molecule has 2 rings (SSSR count). The highest BCUT2D eigenvalue weighted by Crippen LogP contribution is 2.23. The quantitative estimate of drug-likeness (QED) is 0.681. The smallest absolute Gasteiger partial charge is 0.323 e. The molecule has 108 valence electrons. The van der Waals surface area contributed by atoms with Crippen LogP contribution in [0.25, 0.3) is 0 Å². The molecule has 0 aliphatic carbocycles. The van der Waals surface area contributed by atoms with Crippen LogP contribution in [0.3, 0.4) is 0 Å². The lowest BCUT2D eigenvalue weighted by molar-refractivity contribution is -0.148. The molecule has 2 unspecified atom stereocenters. The number of nitrogens with zero attached hydrogens (tertiary/aromatic N) is 2. The van der Waals surface area contributed by atoms with Crippen molar-refractivity contribution in [2.75, 3.05) is 34.0 Å². The number of methoxy groups -OCH3 is 2. The van der Waals surface area contributed by atoms with E-state index in [2.05, 4.69) is 9.80 Å². The number of rotatable bonds is 4. The zero-order chi connectivity index (χ0) is 13.8. The van der Waals surface area contributed by atoms with E-state index in [4.69, 9.17) is 9.47 Å². The van der Waals surface area contributed by atoms with Gasteiger partial charge in [0.05, 0.1) is 20.9 Å². The molecule has 0 N–H and O–H groups in total. The third-order valence-electron chi connectivity index (χ3n) is 4.04. The minimum absolute atomic E-state index is 0.163. The van der Waals surface area contributed by atoms with Gasteiger partial charge in [-0.3, -0.25) is 19.4 Å². The van der Waals surface area contributed by atoms with E-state index in [1.807, 2.05) is 0 Å². The van der Waals surface area contributed by atoms with Gasteiger partial charge in [0.1, 0.15) is 12.1 Å². The second kappa shape index (κ2) is 6.34. The number of hydrogen-bond donors (Lipinski definition) is 0. The molecule has 2 saturated heterocycles. The van der Waals surface area contributed by atoms with Crippen molar-refractivity contribution in [1.82, 2.24) is 9.80 Å². The fraction of sp³-hybridized carbons (Fsp3) is 0.846. The highest BCUT2D eigenvalue weighted by Gasteiger charge is 2.37. The Kier molecular flexibility index (Phi) is 4.76. The number of carbonyl (C=O) groups excluding carboxylic acids is 2. The largest absolute Gasteiger partial charge is 0.468 e. The number of ether oxygens (including phenoxy) is 2. The zero-order valence-electron chi connectivity index (χ0n) is 11.6. The fourth-order valence-electron chi connectivity index (χ4n) is 3.03. The molecule has 2 aliphatic rings. The van der Waals surface area contributed by atoms with Crippen molar-refractivity contribution in [2.24, 2.45) is 0 Å². The first-order valence-corrected chi connectivity index (χ1v) is 6.81. The Morgan fingerprint density at radius 1 is 0.947 bits per heavy atom. The van der Waals surface area contributed by atoms with E-state index >= 15 is 0 Å². The lowest BCUT2D eigenvalue weighted by Gasteiger charge is -2.30. The summed E-state index contributed by atoms with van der Waals surface area (Å²) in [7, 11) is 2.85. The van der Waals surface area contributed by atoms with Crippen LogP contribution in [0.1, 0.15) is 25.7 Å². The average Bonchev–Trinajstić information content (AvgIpc) is 3.06. The van der Waals surface area contributed by atoms with Crippen LogP contribution in [-0.2, 0) is 19.1 Å². The Balaban J connectivity index is 1.96. The first-order chi connectivity index (χ1) is 9.17. The molecule has 0 aromatic rings. The summed E-state index contributed by atoms with van der Waals surface area (Å²) in [5.41, 5.74) is 0. The van der Waals surface area contributed by atoms with Crippen molar-refractivity contribution in [2.45, 2.75) is 37.8 Å². The summed E-state index contributed by atoms with van der Waals surface area (Å²) in [6, 6.07) is -0.326. The SMILES string of the molecule is COC(=O)C1CCCN1CN1CCCC1C(=O)OC. The predicted molar refractivity (Wildman–Crippen MR) is 68.4 cm³/mol. The molecule has 6 heteroatoms. The summed E-state index contributed by atoms with van der Waals surface area (Å²) >= 11 is 0. The molecule has 2 aliphatic heterocycles. The fourth-order valence-corrected chi connectivity index (χ4v) is 3.03. The normalized spacial score (nSPS) is 28.5. The van der Waals surface area contributed by atoms with Gasteiger partial charge in [-0.25, -0.2) is 0 Å². The van der Waals surface area contributed by atoms with Crippen molar-refractivity contribution in [3.8, 4) is 0 Å². The molecule has 2 fully saturated rings. The molecule has 0 aromatic carbocycles. The van der Waals surface area contributed by atoms with Crippen molar-refractivity contribution >= 4 is 11.9 Å². The van der Waals surface area contributed by atoms with E-state index in [0.29, 0.717) is 6.67 Å². The van der Waals surface area contributed by atoms with Crippen LogP contribution in [-0.4, -0.2) is 67.8 Å². The molecule has 0 aromatic heterocycles. The summed E-state index contributed by atoms with van der Waals surface area (Å²) in [5.74, 6) is -0.349. The summed E-state index contributed by atoms with van der Waals surface area (Å²) in [6.45, 7) is 2.40. The Bertz CT molecular complexity index is 316. The minimum Gasteiger partial charge on any atom is -0.468 e. The topological polar surface area (TPSA) is 59.1 Å². The van der Waals surface area contributed by atoms with E-state index in [1.165, 1.54) is 14.2 Å². The number of likely N-dealkylation sites (tertiary alicyclic amines) is 2. The molecule has 2 heterocycles. The molecule has 2 atom stereocenters. The van der Waals surface area contributed by atoms with Gasteiger partial charge in [0.25, 0.3) is 0 Å². The van der Waals surface area contributed by atoms with Gasteiger partial charge in [-0.05, 0) is 25.7 Å². The lowest BCUT2D eigenvalue weighted by atomic mass is 10.2. The number of hydrogen-bond acceptors (Lipinski definition) is 6. The maximum atomic E-state index is 11.7. The highest BCUT2D eigenvalue weighted by atomic mass is 16.5. The first kappa shape index (κ1) is 14.3. The van der Waals surface area contributed by atoms with Crippen LogP contribution in [0.2, 0.25) is 0 Å². The van der Waals surface area contributed by atoms with Crippen LogP contribution < -0.4 is 0 Å². The van der Waals surface area contributed by atoms with Gasteiger partial charge < -0.3 is 9.47 Å². The van der Waals surface area contributed by atoms with E-state index in [1.54, 1.807) is 0 Å². The van der Waals surface area contributed by atoms with Crippen LogP contribution in [0.4, 0.5) is 0 Å². The molecule has 19 heavy (non-hydrogen) atoms.